The Morgan fingerprint density at radius 3 is 2.82 bits per heavy atom. The van der Waals surface area contributed by atoms with Crippen molar-refractivity contribution in [3.63, 3.8) is 0 Å². The Kier molecular flexibility index (Phi) is 1.20. The van der Waals surface area contributed by atoms with Crippen molar-refractivity contribution >= 4 is 17.4 Å². The van der Waals surface area contributed by atoms with E-state index in [1.807, 2.05) is 24.3 Å². The van der Waals surface area contributed by atoms with Gasteiger partial charge in [0.05, 0.1) is 0 Å². The molecule has 0 spiro atoms. The lowest BCUT2D eigenvalue weighted by Crippen LogP contribution is -3.03. The number of anilines is 1. The quantitative estimate of drug-likeness (QED) is 0.517. The molecule has 3 heteroatoms. The molecule has 0 aromatic heterocycles. The second-order valence-electron chi connectivity index (χ2n) is 2.48. The number of benzene rings is 1. The van der Waals surface area contributed by atoms with E-state index < -0.39 is 0 Å². The number of quaternary nitrogens is 1. The van der Waals surface area contributed by atoms with E-state index in [2.05, 4.69) is 12.4 Å². The maximum atomic E-state index is 11.0. The predicted molar refractivity (Wildman–Crippen MR) is 41.4 cm³/mol. The summed E-state index contributed by atoms with van der Waals surface area (Å²) in [6, 6.07) is 7.44. The summed E-state index contributed by atoms with van der Waals surface area (Å²) in [5, 5.41) is 2.71. The normalized spacial score (nSPS) is 21.2. The summed E-state index contributed by atoms with van der Waals surface area (Å²) in [5.41, 5.74) is 1.78. The molecular formula is C8H8N2O. The van der Waals surface area contributed by atoms with E-state index in [0.29, 0.717) is 4.90 Å². The van der Waals surface area contributed by atoms with Crippen LogP contribution in [-0.4, -0.2) is 6.03 Å². The zero-order valence-electron chi connectivity index (χ0n) is 5.92. The average molecular weight is 148 g/mol. The molecule has 0 saturated heterocycles. The second kappa shape index (κ2) is 2.07. The van der Waals surface area contributed by atoms with Crippen LogP contribution >= 0.6 is 0 Å². The van der Waals surface area contributed by atoms with Crippen LogP contribution in [0.1, 0.15) is 0 Å². The number of fused-ring (bicyclic) bond motifs is 1. The van der Waals surface area contributed by atoms with Crippen molar-refractivity contribution in [1.82, 2.24) is 0 Å². The molecule has 56 valence electrons. The molecule has 2 rings (SSSR count). The molecule has 0 aliphatic carbocycles. The molecule has 2 N–H and O–H groups in total. The van der Waals surface area contributed by atoms with Crippen LogP contribution in [0.15, 0.2) is 24.3 Å². The van der Waals surface area contributed by atoms with Gasteiger partial charge in [0.1, 0.15) is 11.4 Å². The van der Waals surface area contributed by atoms with E-state index in [9.17, 15) is 4.79 Å². The van der Waals surface area contributed by atoms with Crippen molar-refractivity contribution in [2.75, 3.05) is 5.32 Å². The summed E-state index contributed by atoms with van der Waals surface area (Å²) in [4.78, 5) is 11.6. The van der Waals surface area contributed by atoms with Gasteiger partial charge >= 0.3 is 6.03 Å². The molecule has 0 radical (unpaired) electrons. The van der Waals surface area contributed by atoms with Crippen molar-refractivity contribution in [1.29, 1.82) is 0 Å². The molecule has 11 heavy (non-hydrogen) atoms. The predicted octanol–water partition coefficient (Wildman–Crippen LogP) is 0.540. The van der Waals surface area contributed by atoms with Crippen LogP contribution in [0.3, 0.4) is 0 Å². The minimum atomic E-state index is -0.0915. The maximum absolute atomic E-state index is 11.0. The van der Waals surface area contributed by atoms with Gasteiger partial charge in [-0.25, -0.2) is 4.79 Å². The zero-order chi connectivity index (χ0) is 7.84. The van der Waals surface area contributed by atoms with E-state index >= 15 is 0 Å². The first-order valence-corrected chi connectivity index (χ1v) is 3.39. The van der Waals surface area contributed by atoms with Crippen LogP contribution in [0.2, 0.25) is 0 Å². The molecule has 1 aromatic rings. The van der Waals surface area contributed by atoms with Gasteiger partial charge in [-0.15, -0.1) is 7.05 Å². The summed E-state index contributed by atoms with van der Waals surface area (Å²) in [6.07, 6.45) is 0. The monoisotopic (exact) mass is 148 g/mol. The fraction of sp³-hybridized carbons (Fsp3) is 0. The minimum absolute atomic E-state index is 0.0915. The first kappa shape index (κ1) is 6.37. The Hall–Kier alpha value is -1.35. The fourth-order valence-electron chi connectivity index (χ4n) is 1.18. The van der Waals surface area contributed by atoms with Crippen LogP contribution in [0.25, 0.3) is 0 Å². The highest BCUT2D eigenvalue weighted by Gasteiger charge is 2.24. The highest BCUT2D eigenvalue weighted by Crippen LogP contribution is 2.19. The molecule has 1 heterocycles. The lowest BCUT2D eigenvalue weighted by atomic mass is 10.3. The largest absolute Gasteiger partial charge is 0.398 e. The highest BCUT2D eigenvalue weighted by atomic mass is 16.2. The molecule has 1 atom stereocenters. The van der Waals surface area contributed by atoms with Gasteiger partial charge in [0, 0.05) is 0 Å². The first-order valence-electron chi connectivity index (χ1n) is 3.39. The van der Waals surface area contributed by atoms with Crippen molar-refractivity contribution in [3.05, 3.63) is 31.3 Å². The first-order chi connectivity index (χ1) is 5.29. The Morgan fingerprint density at radius 1 is 1.36 bits per heavy atom. The number of nitrogens with one attached hydrogen (secondary N) is 2. The highest BCUT2D eigenvalue weighted by molar-refractivity contribution is 5.93. The minimum Gasteiger partial charge on any atom is -0.349 e. The number of urea groups is 1. The number of carbonyl (C=O) groups is 1. The van der Waals surface area contributed by atoms with Gasteiger partial charge in [-0.1, -0.05) is 12.1 Å². The number of amides is 2. The fourth-order valence-corrected chi connectivity index (χ4v) is 1.18. The topological polar surface area (TPSA) is 33.5 Å². The molecule has 1 aromatic carbocycles. The number of hydrogen-bond acceptors (Lipinski definition) is 1. The lowest BCUT2D eigenvalue weighted by molar-refractivity contribution is -0.679. The smallest absolute Gasteiger partial charge is 0.349 e. The molecule has 0 saturated carbocycles. The summed E-state index contributed by atoms with van der Waals surface area (Å²) in [5.74, 6) is 0. The molecule has 0 bridgehead atoms. The molecule has 0 fully saturated rings. The third kappa shape index (κ3) is 0.816. The Bertz CT molecular complexity index is 309. The summed E-state index contributed by atoms with van der Waals surface area (Å²) in [7, 11) is 3.66. The maximum Gasteiger partial charge on any atom is 0.398 e. The summed E-state index contributed by atoms with van der Waals surface area (Å²) in [6.45, 7) is 0. The Morgan fingerprint density at radius 2 is 2.09 bits per heavy atom. The van der Waals surface area contributed by atoms with Gasteiger partial charge < -0.3 is 4.90 Å². The number of rotatable bonds is 0. The standard InChI is InChI=1S/C8H8N2O/c1-10-7-5-3-2-4-6(7)9-8(10)11/h2-5,10H,1H2,(H,9,11). The summed E-state index contributed by atoms with van der Waals surface area (Å²) < 4.78 is 0. The van der Waals surface area contributed by atoms with Crippen molar-refractivity contribution in [2.45, 2.75) is 0 Å². The van der Waals surface area contributed by atoms with Crippen molar-refractivity contribution < 1.29 is 9.69 Å². The van der Waals surface area contributed by atoms with Crippen LogP contribution < -0.4 is 10.2 Å². The molecule has 3 nitrogen and oxygen atoms in total. The average Bonchev–Trinajstić information content (AvgIpc) is 2.30. The van der Waals surface area contributed by atoms with Crippen LogP contribution in [0, 0.1) is 7.05 Å². The molecular weight excluding hydrogens is 140 g/mol. The van der Waals surface area contributed by atoms with Crippen LogP contribution in [-0.2, 0) is 0 Å². The Balaban J connectivity index is 2.55. The molecule has 2 amide bonds. The van der Waals surface area contributed by atoms with E-state index in [-0.39, 0.29) is 6.03 Å². The van der Waals surface area contributed by atoms with Gasteiger partial charge in [-0.05, 0) is 12.1 Å². The van der Waals surface area contributed by atoms with Crippen LogP contribution in [0.5, 0.6) is 0 Å². The van der Waals surface area contributed by atoms with Gasteiger partial charge in [0.2, 0.25) is 0 Å². The lowest BCUT2D eigenvalue weighted by Gasteiger charge is -2.06. The Labute approximate surface area is 64.6 Å². The third-order valence-corrected chi connectivity index (χ3v) is 1.77. The zero-order valence-corrected chi connectivity index (χ0v) is 5.92. The van der Waals surface area contributed by atoms with E-state index in [0.717, 1.165) is 11.4 Å². The van der Waals surface area contributed by atoms with E-state index in [1.54, 1.807) is 0 Å². The molecule has 1 unspecified atom stereocenters. The second-order valence-corrected chi connectivity index (χ2v) is 2.48. The molecule has 1 aliphatic rings. The SMILES string of the molecule is [CH2-][NH+]1C(=O)Nc2ccccc21. The van der Waals surface area contributed by atoms with E-state index in [4.69, 9.17) is 0 Å². The van der Waals surface area contributed by atoms with Crippen LogP contribution in [0.4, 0.5) is 16.2 Å². The van der Waals surface area contributed by atoms with E-state index in [1.165, 1.54) is 0 Å². The number of carbonyl (C=O) groups excluding carboxylic acids is 1. The van der Waals surface area contributed by atoms with Gasteiger partial charge in [-0.3, -0.25) is 5.32 Å². The number of hydrogen-bond donors (Lipinski definition) is 2. The van der Waals surface area contributed by atoms with Gasteiger partial charge in [0.25, 0.3) is 0 Å². The van der Waals surface area contributed by atoms with Crippen molar-refractivity contribution in [2.24, 2.45) is 0 Å². The van der Waals surface area contributed by atoms with Crippen molar-refractivity contribution in [3.8, 4) is 0 Å². The van der Waals surface area contributed by atoms with Gasteiger partial charge in [-0.2, -0.15) is 0 Å². The number of para-hydroxylation sites is 2. The van der Waals surface area contributed by atoms with Gasteiger partial charge in [0.15, 0.2) is 0 Å². The summed E-state index contributed by atoms with van der Waals surface area (Å²) >= 11 is 0. The molecule has 1 aliphatic heterocycles. The third-order valence-electron chi connectivity index (χ3n) is 1.77.